The lowest BCUT2D eigenvalue weighted by molar-refractivity contribution is 0.101. The number of Topliss-reactive ketones (excluding diaryl/α,β-unsaturated/α-hetero) is 1. The number of carbonyl (C=O) groups is 1. The Morgan fingerprint density at radius 1 is 1.32 bits per heavy atom. The maximum atomic E-state index is 11.5. The van der Waals surface area contributed by atoms with Gasteiger partial charge in [-0.25, -0.2) is 0 Å². The molecule has 1 aliphatic carbocycles. The average Bonchev–Trinajstić information content (AvgIpc) is 2.40. The highest BCUT2D eigenvalue weighted by molar-refractivity contribution is 9.10. The van der Waals surface area contributed by atoms with E-state index < -0.39 is 0 Å². The van der Waals surface area contributed by atoms with Crippen LogP contribution in [0.4, 0.5) is 5.69 Å². The summed E-state index contributed by atoms with van der Waals surface area (Å²) in [7, 11) is 0. The first kappa shape index (κ1) is 14.6. The Morgan fingerprint density at radius 2 is 2.00 bits per heavy atom. The molecular weight excluding hydrogens is 302 g/mol. The largest absolute Gasteiger partial charge is 0.369 e. The molecule has 0 N–H and O–H groups in total. The third-order valence-electron chi connectivity index (χ3n) is 4.02. The van der Waals surface area contributed by atoms with Crippen LogP contribution in [-0.4, -0.2) is 18.4 Å². The van der Waals surface area contributed by atoms with E-state index >= 15 is 0 Å². The first-order valence-corrected chi connectivity index (χ1v) is 8.00. The number of halogens is 1. The van der Waals surface area contributed by atoms with Crippen molar-refractivity contribution in [1.82, 2.24) is 0 Å². The summed E-state index contributed by atoms with van der Waals surface area (Å²) >= 11 is 3.52. The van der Waals surface area contributed by atoms with E-state index in [-0.39, 0.29) is 5.78 Å². The van der Waals surface area contributed by atoms with Gasteiger partial charge in [0.25, 0.3) is 0 Å². The molecule has 0 unspecified atom stereocenters. The molecule has 0 aromatic heterocycles. The molecule has 1 aromatic rings. The molecule has 1 fully saturated rings. The van der Waals surface area contributed by atoms with E-state index in [4.69, 9.17) is 0 Å². The van der Waals surface area contributed by atoms with Gasteiger partial charge in [-0.05, 0) is 60.8 Å². The Kier molecular flexibility index (Phi) is 5.03. The first-order valence-electron chi connectivity index (χ1n) is 7.20. The second kappa shape index (κ2) is 6.56. The maximum Gasteiger partial charge on any atom is 0.160 e. The van der Waals surface area contributed by atoms with Crippen molar-refractivity contribution in [2.75, 3.05) is 11.4 Å². The zero-order valence-corrected chi connectivity index (χ0v) is 13.4. The lowest BCUT2D eigenvalue weighted by Gasteiger charge is -2.35. The van der Waals surface area contributed by atoms with Crippen LogP contribution in [-0.2, 0) is 0 Å². The zero-order valence-electron chi connectivity index (χ0n) is 11.8. The molecule has 2 rings (SSSR count). The van der Waals surface area contributed by atoms with Crippen LogP contribution < -0.4 is 4.90 Å². The number of benzene rings is 1. The summed E-state index contributed by atoms with van der Waals surface area (Å²) in [6.07, 6.45) is 6.64. The second-order valence-electron chi connectivity index (χ2n) is 5.30. The van der Waals surface area contributed by atoms with Crippen LogP contribution in [0.1, 0.15) is 56.3 Å². The van der Waals surface area contributed by atoms with E-state index in [9.17, 15) is 4.79 Å². The summed E-state index contributed by atoms with van der Waals surface area (Å²) in [6.45, 7) is 4.84. The summed E-state index contributed by atoms with van der Waals surface area (Å²) in [5.74, 6) is 0.110. The van der Waals surface area contributed by atoms with E-state index in [2.05, 4.69) is 39.9 Å². The van der Waals surface area contributed by atoms with E-state index in [1.165, 1.54) is 37.8 Å². The molecule has 0 saturated heterocycles. The molecule has 0 bridgehead atoms. The molecule has 0 radical (unpaired) electrons. The molecule has 0 amide bonds. The van der Waals surface area contributed by atoms with Crippen molar-refractivity contribution in [3.8, 4) is 0 Å². The van der Waals surface area contributed by atoms with Crippen LogP contribution >= 0.6 is 15.9 Å². The molecule has 0 atom stereocenters. The normalized spacial score (nSPS) is 16.4. The van der Waals surface area contributed by atoms with Gasteiger partial charge in [-0.15, -0.1) is 0 Å². The highest BCUT2D eigenvalue weighted by Gasteiger charge is 2.20. The fraction of sp³-hybridized carbons (Fsp3) is 0.562. The Labute approximate surface area is 124 Å². The number of hydrogen-bond donors (Lipinski definition) is 0. The third kappa shape index (κ3) is 3.38. The van der Waals surface area contributed by atoms with Gasteiger partial charge < -0.3 is 4.90 Å². The Hall–Kier alpha value is -0.830. The first-order chi connectivity index (χ1) is 9.13. The number of rotatable bonds is 4. The molecule has 1 aromatic carbocycles. The molecular formula is C16H22BrNO. The minimum Gasteiger partial charge on any atom is -0.369 e. The minimum atomic E-state index is 0.110. The van der Waals surface area contributed by atoms with E-state index in [1.807, 2.05) is 6.07 Å². The van der Waals surface area contributed by atoms with Crippen LogP contribution in [0.25, 0.3) is 0 Å². The molecule has 1 aliphatic rings. The van der Waals surface area contributed by atoms with E-state index in [1.54, 1.807) is 6.92 Å². The molecule has 2 nitrogen and oxygen atoms in total. The number of ketones is 1. The molecule has 104 valence electrons. The van der Waals surface area contributed by atoms with Gasteiger partial charge in [0.05, 0.1) is 0 Å². The average molecular weight is 324 g/mol. The van der Waals surface area contributed by atoms with Crippen molar-refractivity contribution in [3.05, 3.63) is 28.2 Å². The highest BCUT2D eigenvalue weighted by atomic mass is 79.9. The van der Waals surface area contributed by atoms with Crippen molar-refractivity contribution in [3.63, 3.8) is 0 Å². The van der Waals surface area contributed by atoms with E-state index in [0.717, 1.165) is 16.6 Å². The summed E-state index contributed by atoms with van der Waals surface area (Å²) in [5, 5.41) is 0. The van der Waals surface area contributed by atoms with Gasteiger partial charge >= 0.3 is 0 Å². The predicted octanol–water partition coefficient (Wildman–Crippen LogP) is 4.81. The number of anilines is 1. The number of carbonyl (C=O) groups excluding carboxylic acids is 1. The SMILES string of the molecule is CCN(c1ccc(C(C)=O)c(Br)c1)C1CCCCC1. The second-order valence-corrected chi connectivity index (χ2v) is 6.15. The van der Waals surface area contributed by atoms with Gasteiger partial charge in [-0.2, -0.15) is 0 Å². The molecule has 0 heterocycles. The molecule has 3 heteroatoms. The fourth-order valence-corrected chi connectivity index (χ4v) is 3.66. The fourth-order valence-electron chi connectivity index (χ4n) is 3.01. The van der Waals surface area contributed by atoms with Gasteiger partial charge in [-0.3, -0.25) is 4.79 Å². The molecule has 1 saturated carbocycles. The topological polar surface area (TPSA) is 20.3 Å². The van der Waals surface area contributed by atoms with Crippen molar-refractivity contribution >= 4 is 27.4 Å². The monoisotopic (exact) mass is 323 g/mol. The Morgan fingerprint density at radius 3 is 2.53 bits per heavy atom. The predicted molar refractivity (Wildman–Crippen MR) is 84.0 cm³/mol. The van der Waals surface area contributed by atoms with Crippen molar-refractivity contribution in [2.24, 2.45) is 0 Å². The van der Waals surface area contributed by atoms with Crippen molar-refractivity contribution in [1.29, 1.82) is 0 Å². The van der Waals surface area contributed by atoms with Gasteiger partial charge in [0, 0.05) is 28.3 Å². The van der Waals surface area contributed by atoms with Crippen LogP contribution in [0, 0.1) is 0 Å². The van der Waals surface area contributed by atoms with Crippen LogP contribution in [0.5, 0.6) is 0 Å². The van der Waals surface area contributed by atoms with Gasteiger partial charge in [0.15, 0.2) is 5.78 Å². The minimum absolute atomic E-state index is 0.110. The third-order valence-corrected chi connectivity index (χ3v) is 4.68. The number of nitrogens with zero attached hydrogens (tertiary/aromatic N) is 1. The van der Waals surface area contributed by atoms with Crippen LogP contribution in [0.2, 0.25) is 0 Å². The highest BCUT2D eigenvalue weighted by Crippen LogP contribution is 2.30. The Balaban J connectivity index is 2.23. The lowest BCUT2D eigenvalue weighted by atomic mass is 9.93. The van der Waals surface area contributed by atoms with Crippen molar-refractivity contribution < 1.29 is 4.79 Å². The summed E-state index contributed by atoms with van der Waals surface area (Å²) in [6, 6.07) is 6.77. The molecule has 0 spiro atoms. The van der Waals surface area contributed by atoms with Crippen molar-refractivity contribution in [2.45, 2.75) is 52.0 Å². The standard InChI is InChI=1S/C16H22BrNO/c1-3-18(13-7-5-4-6-8-13)14-9-10-15(12(2)19)16(17)11-14/h9-11,13H,3-8H2,1-2H3. The smallest absolute Gasteiger partial charge is 0.160 e. The quantitative estimate of drug-likeness (QED) is 0.741. The van der Waals surface area contributed by atoms with Gasteiger partial charge in [-0.1, -0.05) is 19.3 Å². The summed E-state index contributed by atoms with van der Waals surface area (Å²) < 4.78 is 0.909. The van der Waals surface area contributed by atoms with Gasteiger partial charge in [0.2, 0.25) is 0 Å². The molecule has 0 aliphatic heterocycles. The summed E-state index contributed by atoms with van der Waals surface area (Å²) in [4.78, 5) is 14.0. The Bertz CT molecular complexity index is 452. The molecule has 19 heavy (non-hydrogen) atoms. The lowest BCUT2D eigenvalue weighted by Crippen LogP contribution is -2.36. The number of hydrogen-bond acceptors (Lipinski definition) is 2. The maximum absolute atomic E-state index is 11.5. The summed E-state index contributed by atoms with van der Waals surface area (Å²) in [5.41, 5.74) is 2.00. The van der Waals surface area contributed by atoms with Gasteiger partial charge in [0.1, 0.15) is 0 Å². The zero-order chi connectivity index (χ0) is 13.8. The van der Waals surface area contributed by atoms with E-state index in [0.29, 0.717) is 6.04 Å². The van der Waals surface area contributed by atoms with Crippen LogP contribution in [0.3, 0.4) is 0 Å². The van der Waals surface area contributed by atoms with Crippen LogP contribution in [0.15, 0.2) is 22.7 Å².